The number of nitrogens with zero attached hydrogens (tertiary/aromatic N) is 1. The number of rotatable bonds is 2. The molecule has 1 aromatic carbocycles. The van der Waals surface area contributed by atoms with Gasteiger partial charge in [0, 0.05) is 17.3 Å². The fraction of sp³-hybridized carbons (Fsp3) is 0.188. The number of hydrogen-bond donors (Lipinski definition) is 2. The van der Waals surface area contributed by atoms with Gasteiger partial charge in [0.05, 0.1) is 12.8 Å². The standard InChI is InChI=1S/C16H14ClN3O2/c17-12-4-3-10-6-11-8-20(9-13-2-1-5-22-13)19-16(21)15(11)18-14(10)7-12/h1-5,7,18H,6,8-9H2,(H,19,21). The van der Waals surface area contributed by atoms with E-state index in [1.807, 2.05) is 35.3 Å². The van der Waals surface area contributed by atoms with Crippen LogP contribution >= 0.6 is 11.6 Å². The lowest BCUT2D eigenvalue weighted by atomic mass is 9.96. The predicted molar refractivity (Wildman–Crippen MR) is 83.1 cm³/mol. The van der Waals surface area contributed by atoms with E-state index in [0.717, 1.165) is 29.0 Å². The van der Waals surface area contributed by atoms with Crippen LogP contribution in [0.4, 0.5) is 5.69 Å². The molecule has 0 aliphatic carbocycles. The van der Waals surface area contributed by atoms with E-state index >= 15 is 0 Å². The van der Waals surface area contributed by atoms with Crippen molar-refractivity contribution in [3.63, 3.8) is 0 Å². The Hall–Kier alpha value is -2.24. The molecule has 2 aliphatic heterocycles. The van der Waals surface area contributed by atoms with E-state index in [4.69, 9.17) is 16.0 Å². The van der Waals surface area contributed by atoms with E-state index < -0.39 is 0 Å². The van der Waals surface area contributed by atoms with Crippen LogP contribution in [-0.4, -0.2) is 17.5 Å². The molecule has 3 heterocycles. The van der Waals surface area contributed by atoms with Crippen molar-refractivity contribution in [3.8, 4) is 0 Å². The first-order valence-electron chi connectivity index (χ1n) is 7.05. The second-order valence-electron chi connectivity index (χ2n) is 5.46. The smallest absolute Gasteiger partial charge is 0.282 e. The summed E-state index contributed by atoms with van der Waals surface area (Å²) in [6, 6.07) is 9.46. The molecule has 0 saturated heterocycles. The Kier molecular flexibility index (Phi) is 3.17. The summed E-state index contributed by atoms with van der Waals surface area (Å²) in [7, 11) is 0. The second kappa shape index (κ2) is 5.19. The number of carbonyl (C=O) groups is 1. The molecule has 4 rings (SSSR count). The van der Waals surface area contributed by atoms with E-state index in [1.165, 1.54) is 0 Å². The van der Waals surface area contributed by atoms with Gasteiger partial charge in [-0.1, -0.05) is 17.7 Å². The summed E-state index contributed by atoms with van der Waals surface area (Å²) in [4.78, 5) is 12.3. The molecule has 2 aliphatic rings. The summed E-state index contributed by atoms with van der Waals surface area (Å²) in [5, 5.41) is 5.72. The molecular formula is C16H14ClN3O2. The third-order valence-corrected chi connectivity index (χ3v) is 4.12. The van der Waals surface area contributed by atoms with Crippen molar-refractivity contribution < 1.29 is 9.21 Å². The van der Waals surface area contributed by atoms with Gasteiger partial charge in [0.25, 0.3) is 5.91 Å². The van der Waals surface area contributed by atoms with Gasteiger partial charge in [-0.2, -0.15) is 0 Å². The van der Waals surface area contributed by atoms with Crippen LogP contribution in [0.25, 0.3) is 0 Å². The van der Waals surface area contributed by atoms with E-state index in [0.29, 0.717) is 23.8 Å². The Labute approximate surface area is 132 Å². The maximum absolute atomic E-state index is 12.3. The Morgan fingerprint density at radius 3 is 3.05 bits per heavy atom. The Balaban J connectivity index is 1.58. The lowest BCUT2D eigenvalue weighted by Gasteiger charge is -2.34. The second-order valence-corrected chi connectivity index (χ2v) is 5.89. The summed E-state index contributed by atoms with van der Waals surface area (Å²) in [6.07, 6.45) is 2.38. The van der Waals surface area contributed by atoms with Gasteiger partial charge in [0.15, 0.2) is 0 Å². The van der Waals surface area contributed by atoms with Crippen LogP contribution in [0.15, 0.2) is 52.3 Å². The van der Waals surface area contributed by atoms with Gasteiger partial charge in [0.2, 0.25) is 0 Å². The first-order valence-corrected chi connectivity index (χ1v) is 7.42. The van der Waals surface area contributed by atoms with Crippen molar-refractivity contribution in [1.29, 1.82) is 0 Å². The van der Waals surface area contributed by atoms with Crippen LogP contribution in [0.2, 0.25) is 5.02 Å². The van der Waals surface area contributed by atoms with Gasteiger partial charge in [-0.25, -0.2) is 5.01 Å². The number of amides is 1. The molecule has 0 bridgehead atoms. The zero-order valence-corrected chi connectivity index (χ0v) is 12.5. The topological polar surface area (TPSA) is 57.5 Å². The molecule has 0 atom stereocenters. The molecular weight excluding hydrogens is 302 g/mol. The average Bonchev–Trinajstić information content (AvgIpc) is 2.99. The van der Waals surface area contributed by atoms with Gasteiger partial charge < -0.3 is 9.73 Å². The monoisotopic (exact) mass is 315 g/mol. The molecule has 0 unspecified atom stereocenters. The van der Waals surface area contributed by atoms with Crippen LogP contribution < -0.4 is 10.7 Å². The number of fused-ring (bicyclic) bond motifs is 1. The Bertz CT molecular complexity index is 768. The van der Waals surface area contributed by atoms with E-state index in [-0.39, 0.29) is 5.91 Å². The van der Waals surface area contributed by atoms with Gasteiger partial charge >= 0.3 is 0 Å². The van der Waals surface area contributed by atoms with Crippen LogP contribution in [0, 0.1) is 0 Å². The number of carbonyl (C=O) groups excluding carboxylic acids is 1. The fourth-order valence-electron chi connectivity index (χ4n) is 2.87. The minimum atomic E-state index is -0.126. The fourth-order valence-corrected chi connectivity index (χ4v) is 3.04. The SMILES string of the molecule is O=C1NN(Cc2ccco2)CC2=C1Nc1cc(Cl)ccc1C2. The number of furan rings is 1. The van der Waals surface area contributed by atoms with Gasteiger partial charge in [0.1, 0.15) is 11.5 Å². The molecule has 5 nitrogen and oxygen atoms in total. The van der Waals surface area contributed by atoms with Crippen molar-refractivity contribution in [1.82, 2.24) is 10.4 Å². The molecule has 1 amide bonds. The molecule has 0 saturated carbocycles. The van der Waals surface area contributed by atoms with E-state index in [9.17, 15) is 4.79 Å². The summed E-state index contributed by atoms with van der Waals surface area (Å²) < 4.78 is 5.34. The lowest BCUT2D eigenvalue weighted by Crippen LogP contribution is -2.50. The molecule has 2 N–H and O–H groups in total. The number of halogens is 1. The highest BCUT2D eigenvalue weighted by Crippen LogP contribution is 2.31. The highest BCUT2D eigenvalue weighted by atomic mass is 35.5. The van der Waals surface area contributed by atoms with Crippen molar-refractivity contribution in [2.75, 3.05) is 11.9 Å². The minimum Gasteiger partial charge on any atom is -0.468 e. The Morgan fingerprint density at radius 1 is 1.32 bits per heavy atom. The van der Waals surface area contributed by atoms with Gasteiger partial charge in [-0.3, -0.25) is 10.2 Å². The predicted octanol–water partition coefficient (Wildman–Crippen LogP) is 2.70. The van der Waals surface area contributed by atoms with Crippen molar-refractivity contribution in [2.45, 2.75) is 13.0 Å². The largest absolute Gasteiger partial charge is 0.468 e. The summed E-state index contributed by atoms with van der Waals surface area (Å²) >= 11 is 6.02. The normalized spacial score (nSPS) is 17.6. The molecule has 1 aromatic heterocycles. The van der Waals surface area contributed by atoms with Crippen LogP contribution in [0.3, 0.4) is 0 Å². The van der Waals surface area contributed by atoms with Gasteiger partial charge in [-0.05, 0) is 41.8 Å². The highest BCUT2D eigenvalue weighted by molar-refractivity contribution is 6.30. The zero-order valence-electron chi connectivity index (χ0n) is 11.7. The third-order valence-electron chi connectivity index (χ3n) is 3.88. The third kappa shape index (κ3) is 2.38. The summed E-state index contributed by atoms with van der Waals surface area (Å²) in [5.41, 5.74) is 6.64. The van der Waals surface area contributed by atoms with E-state index in [2.05, 4.69) is 10.7 Å². The molecule has 112 valence electrons. The minimum absolute atomic E-state index is 0.126. The van der Waals surface area contributed by atoms with Crippen molar-refractivity contribution in [2.24, 2.45) is 0 Å². The number of benzene rings is 1. The first kappa shape index (κ1) is 13.4. The molecule has 0 radical (unpaired) electrons. The first-order chi connectivity index (χ1) is 10.7. The zero-order chi connectivity index (χ0) is 15.1. The quantitative estimate of drug-likeness (QED) is 0.894. The molecule has 6 heteroatoms. The summed E-state index contributed by atoms with van der Waals surface area (Å²) in [5.74, 6) is 0.693. The molecule has 0 spiro atoms. The number of anilines is 1. The average molecular weight is 316 g/mol. The number of hydrazine groups is 1. The number of hydrogen-bond acceptors (Lipinski definition) is 4. The maximum atomic E-state index is 12.3. The Morgan fingerprint density at radius 2 is 2.23 bits per heavy atom. The molecule has 2 aromatic rings. The number of nitrogens with one attached hydrogen (secondary N) is 2. The maximum Gasteiger partial charge on any atom is 0.282 e. The summed E-state index contributed by atoms with van der Waals surface area (Å²) in [6.45, 7) is 1.21. The molecule has 22 heavy (non-hydrogen) atoms. The van der Waals surface area contributed by atoms with E-state index in [1.54, 1.807) is 6.26 Å². The van der Waals surface area contributed by atoms with Crippen LogP contribution in [-0.2, 0) is 17.8 Å². The highest BCUT2D eigenvalue weighted by Gasteiger charge is 2.29. The van der Waals surface area contributed by atoms with Crippen molar-refractivity contribution >= 4 is 23.2 Å². The van der Waals surface area contributed by atoms with Crippen LogP contribution in [0.5, 0.6) is 0 Å². The molecule has 0 fully saturated rings. The van der Waals surface area contributed by atoms with Gasteiger partial charge in [-0.15, -0.1) is 0 Å². The lowest BCUT2D eigenvalue weighted by molar-refractivity contribution is -0.123. The van der Waals surface area contributed by atoms with Crippen LogP contribution in [0.1, 0.15) is 11.3 Å². The van der Waals surface area contributed by atoms with Crippen molar-refractivity contribution in [3.05, 3.63) is 64.2 Å².